The molecule has 0 aliphatic carbocycles. The van der Waals surface area contributed by atoms with Crippen LogP contribution in [-0.2, 0) is 13.2 Å². The van der Waals surface area contributed by atoms with Gasteiger partial charge in [0.25, 0.3) is 0 Å². The topological polar surface area (TPSA) is 43.4 Å². The Bertz CT molecular complexity index is 1520. The molecule has 0 amide bonds. The first-order chi connectivity index (χ1) is 17.5. The molecule has 0 spiro atoms. The highest BCUT2D eigenvalue weighted by atomic mass is 79.9. The second-order valence-corrected chi connectivity index (χ2v) is 10.8. The van der Waals surface area contributed by atoms with Crippen molar-refractivity contribution in [2.75, 3.05) is 12.4 Å². The third-order valence-corrected chi connectivity index (χ3v) is 7.82. The molecular weight excluding hydrogens is 556 g/mol. The molecule has 4 nitrogen and oxygen atoms in total. The first-order valence-electron chi connectivity index (χ1n) is 11.4. The van der Waals surface area contributed by atoms with Crippen LogP contribution in [0, 0.1) is 6.92 Å². The zero-order chi connectivity index (χ0) is 25.1. The Morgan fingerprint density at radius 3 is 2.58 bits per heavy atom. The molecule has 1 aromatic heterocycles. The number of thiazole rings is 1. The quantitative estimate of drug-likeness (QED) is 0.199. The van der Waals surface area contributed by atoms with Crippen molar-refractivity contribution in [2.45, 2.75) is 20.1 Å². The van der Waals surface area contributed by atoms with E-state index in [1.807, 2.05) is 36.4 Å². The van der Waals surface area contributed by atoms with Gasteiger partial charge in [0.1, 0.15) is 11.6 Å². The molecular formula is C29H24BrClN2O2S. The average Bonchev–Trinajstić information content (AvgIpc) is 3.30. The Morgan fingerprint density at radius 1 is 0.972 bits per heavy atom. The molecule has 0 aliphatic heterocycles. The minimum Gasteiger partial charge on any atom is -0.493 e. The van der Waals surface area contributed by atoms with Crippen LogP contribution in [0.15, 0.2) is 83.3 Å². The van der Waals surface area contributed by atoms with E-state index in [9.17, 15) is 0 Å². The molecule has 36 heavy (non-hydrogen) atoms. The molecule has 5 aromatic rings. The van der Waals surface area contributed by atoms with Gasteiger partial charge in [0.05, 0.1) is 17.3 Å². The second kappa shape index (κ2) is 10.9. The van der Waals surface area contributed by atoms with E-state index < -0.39 is 0 Å². The summed E-state index contributed by atoms with van der Waals surface area (Å²) in [5.74, 6) is 1.35. The number of anilines is 1. The highest BCUT2D eigenvalue weighted by Crippen LogP contribution is 2.35. The molecule has 0 bridgehead atoms. The largest absolute Gasteiger partial charge is 0.493 e. The van der Waals surface area contributed by atoms with Crippen LogP contribution >= 0.6 is 38.9 Å². The van der Waals surface area contributed by atoms with Crippen LogP contribution in [0.2, 0.25) is 5.02 Å². The molecule has 5 rings (SSSR count). The van der Waals surface area contributed by atoms with Gasteiger partial charge >= 0.3 is 0 Å². The standard InChI is InChI=1S/C29H24BrClN2O2S/c1-18-6-11-25-28(12-18)36-29(33-25)20-7-9-23(10-8-20)32-16-21-14-26(34-2)27(15-24(21)30)35-17-19-4-3-5-22(31)13-19/h3-15,32H,16-17H2,1-2H3. The Labute approximate surface area is 228 Å². The maximum atomic E-state index is 6.08. The van der Waals surface area contributed by atoms with E-state index in [2.05, 4.69) is 70.6 Å². The molecule has 0 aliphatic rings. The number of aryl methyl sites for hydroxylation is 1. The Kier molecular flexibility index (Phi) is 7.46. The fraction of sp³-hybridized carbons (Fsp3) is 0.138. The average molecular weight is 580 g/mol. The number of fused-ring (bicyclic) bond motifs is 1. The van der Waals surface area contributed by atoms with Crippen molar-refractivity contribution in [1.29, 1.82) is 0 Å². The molecule has 0 saturated heterocycles. The number of aromatic nitrogens is 1. The van der Waals surface area contributed by atoms with Gasteiger partial charge in [-0.2, -0.15) is 0 Å². The molecule has 1 N–H and O–H groups in total. The summed E-state index contributed by atoms with van der Waals surface area (Å²) in [7, 11) is 1.65. The molecule has 0 unspecified atom stereocenters. The molecule has 0 atom stereocenters. The van der Waals surface area contributed by atoms with Gasteiger partial charge in [-0.1, -0.05) is 45.7 Å². The van der Waals surface area contributed by atoms with Crippen molar-refractivity contribution in [3.8, 4) is 22.1 Å². The van der Waals surface area contributed by atoms with Gasteiger partial charge in [0.15, 0.2) is 11.5 Å². The Hall–Kier alpha value is -3.06. The van der Waals surface area contributed by atoms with Gasteiger partial charge < -0.3 is 14.8 Å². The van der Waals surface area contributed by atoms with Gasteiger partial charge in [-0.05, 0) is 84.3 Å². The van der Waals surface area contributed by atoms with Crippen LogP contribution in [0.3, 0.4) is 0 Å². The van der Waals surface area contributed by atoms with E-state index >= 15 is 0 Å². The number of rotatable bonds is 8. The zero-order valence-electron chi connectivity index (χ0n) is 19.8. The highest BCUT2D eigenvalue weighted by Gasteiger charge is 2.12. The van der Waals surface area contributed by atoms with Gasteiger partial charge in [-0.3, -0.25) is 0 Å². The van der Waals surface area contributed by atoms with Crippen LogP contribution in [0.5, 0.6) is 11.5 Å². The summed E-state index contributed by atoms with van der Waals surface area (Å²) in [6, 6.07) is 26.3. The van der Waals surface area contributed by atoms with Crippen LogP contribution in [0.1, 0.15) is 16.7 Å². The first-order valence-corrected chi connectivity index (χ1v) is 13.4. The normalized spacial score (nSPS) is 11.0. The summed E-state index contributed by atoms with van der Waals surface area (Å²) in [4.78, 5) is 4.78. The van der Waals surface area contributed by atoms with Gasteiger partial charge in [-0.25, -0.2) is 4.98 Å². The lowest BCUT2D eigenvalue weighted by Crippen LogP contribution is -2.03. The van der Waals surface area contributed by atoms with Crippen molar-refractivity contribution in [3.63, 3.8) is 0 Å². The third-order valence-electron chi connectivity index (χ3n) is 5.77. The molecule has 7 heteroatoms. The van der Waals surface area contributed by atoms with Crippen molar-refractivity contribution in [1.82, 2.24) is 4.98 Å². The van der Waals surface area contributed by atoms with Gasteiger partial charge in [-0.15, -0.1) is 11.3 Å². The number of methoxy groups -OCH3 is 1. The second-order valence-electron chi connectivity index (χ2n) is 8.43. The maximum absolute atomic E-state index is 6.08. The highest BCUT2D eigenvalue weighted by molar-refractivity contribution is 9.10. The maximum Gasteiger partial charge on any atom is 0.162 e. The van der Waals surface area contributed by atoms with E-state index in [0.717, 1.165) is 37.4 Å². The number of nitrogens with one attached hydrogen (secondary N) is 1. The lowest BCUT2D eigenvalue weighted by atomic mass is 10.1. The SMILES string of the molecule is COc1cc(CNc2ccc(-c3nc4ccc(C)cc4s3)cc2)c(Br)cc1OCc1cccc(Cl)c1. The molecule has 1 heterocycles. The number of halogens is 2. The summed E-state index contributed by atoms with van der Waals surface area (Å²) >= 11 is 11.5. The van der Waals surface area contributed by atoms with Gasteiger partial charge in [0, 0.05) is 27.3 Å². The summed E-state index contributed by atoms with van der Waals surface area (Å²) in [6.45, 7) is 3.14. The first kappa shape index (κ1) is 24.6. The van der Waals surface area contributed by atoms with Crippen LogP contribution in [0.25, 0.3) is 20.8 Å². The van der Waals surface area contributed by atoms with E-state index in [1.54, 1.807) is 18.4 Å². The van der Waals surface area contributed by atoms with Crippen LogP contribution in [-0.4, -0.2) is 12.1 Å². The Morgan fingerprint density at radius 2 is 1.81 bits per heavy atom. The predicted octanol–water partition coefficient (Wildman–Crippen LogP) is 8.89. The van der Waals surface area contributed by atoms with Crippen molar-refractivity contribution >= 4 is 54.8 Å². The summed E-state index contributed by atoms with van der Waals surface area (Å²) < 4.78 is 13.8. The fourth-order valence-electron chi connectivity index (χ4n) is 3.86. The molecule has 0 radical (unpaired) electrons. The van der Waals surface area contributed by atoms with Crippen LogP contribution < -0.4 is 14.8 Å². The van der Waals surface area contributed by atoms with Gasteiger partial charge in [0.2, 0.25) is 0 Å². The summed E-state index contributed by atoms with van der Waals surface area (Å²) in [5, 5.41) is 5.21. The molecule has 0 saturated carbocycles. The van der Waals surface area contributed by atoms with E-state index in [0.29, 0.717) is 29.7 Å². The number of hydrogen-bond donors (Lipinski definition) is 1. The number of ether oxygens (including phenoxy) is 2. The van der Waals surface area contributed by atoms with E-state index in [-0.39, 0.29) is 0 Å². The third kappa shape index (κ3) is 5.67. The van der Waals surface area contributed by atoms with E-state index in [4.69, 9.17) is 26.1 Å². The minimum absolute atomic E-state index is 0.404. The lowest BCUT2D eigenvalue weighted by molar-refractivity contribution is 0.284. The van der Waals surface area contributed by atoms with Crippen molar-refractivity contribution < 1.29 is 9.47 Å². The summed E-state index contributed by atoms with van der Waals surface area (Å²) in [5.41, 5.74) is 6.50. The fourth-order valence-corrected chi connectivity index (χ4v) is 5.60. The molecule has 182 valence electrons. The monoisotopic (exact) mass is 578 g/mol. The lowest BCUT2D eigenvalue weighted by Gasteiger charge is -2.15. The number of nitrogens with zero attached hydrogens (tertiary/aromatic N) is 1. The number of benzene rings is 4. The molecule has 0 fully saturated rings. The van der Waals surface area contributed by atoms with Crippen molar-refractivity contribution in [2.24, 2.45) is 0 Å². The number of hydrogen-bond acceptors (Lipinski definition) is 5. The smallest absolute Gasteiger partial charge is 0.162 e. The predicted molar refractivity (Wildman–Crippen MR) is 154 cm³/mol. The molecule has 4 aromatic carbocycles. The van der Waals surface area contributed by atoms with Crippen molar-refractivity contribution in [3.05, 3.63) is 105 Å². The minimum atomic E-state index is 0.404. The zero-order valence-corrected chi connectivity index (χ0v) is 23.0. The summed E-state index contributed by atoms with van der Waals surface area (Å²) in [6.07, 6.45) is 0. The van der Waals surface area contributed by atoms with Crippen LogP contribution in [0.4, 0.5) is 5.69 Å². The van der Waals surface area contributed by atoms with E-state index in [1.165, 1.54) is 10.3 Å². The Balaban J connectivity index is 1.26.